The van der Waals surface area contributed by atoms with Crippen LogP contribution in [0, 0.1) is 17.2 Å². The van der Waals surface area contributed by atoms with Crippen LogP contribution in [0.15, 0.2) is 91.4 Å². The summed E-state index contributed by atoms with van der Waals surface area (Å²) in [5, 5.41) is 67.9. The number of carboxylic acids is 1. The second-order valence-electron chi connectivity index (χ2n) is 31.8. The summed E-state index contributed by atoms with van der Waals surface area (Å²) in [5.41, 5.74) is 8.56. The third kappa shape index (κ3) is 40.6. The first kappa shape index (κ1) is 106. The van der Waals surface area contributed by atoms with Crippen LogP contribution in [0.3, 0.4) is 0 Å². The number of aromatic hydroxyl groups is 1. The van der Waals surface area contributed by atoms with Crippen molar-refractivity contribution >= 4 is 106 Å². The van der Waals surface area contributed by atoms with Gasteiger partial charge in [-0.2, -0.15) is 0 Å². The SMILES string of the molecule is CCCCC[C@@H]1NC(=O)[C@H](CCCNC(=N)N)NC(=O)[C@H](C)NC(=O)CSC[C@@H](C(=O)NCCOCCOCCOCCC)NC(=O)[C@H](CC(=O)O)NC(=O)[C@H](CCCCC)NC(=O)[C@H](Cc2ccc(-c3ccccc3)cc2)NC(=O)[C@H](CC(C)C)NC(=O)[C@H](C(C)C)NC(=O)CNC(=O)[C@H](C)NC(=O)[C@H](Cc2cnc[nH]2)NC(=O)[C@H](Cc2ccc(O)cc2)NC1=O. The molecule has 3 aromatic carbocycles. The molecular weight excluding hydrogens is 1660 g/mol. The van der Waals surface area contributed by atoms with Gasteiger partial charge in [0.2, 0.25) is 82.7 Å². The second kappa shape index (κ2) is 57.8. The Bertz CT molecular complexity index is 4190. The molecule has 12 atom stereocenters. The number of guanidine groups is 1. The molecule has 1 aliphatic heterocycles. The van der Waals surface area contributed by atoms with Gasteiger partial charge in [0.1, 0.15) is 78.3 Å². The maximum absolute atomic E-state index is 15.2. The van der Waals surface area contributed by atoms with Crippen molar-refractivity contribution in [1.82, 2.24) is 89.7 Å². The minimum atomic E-state index is -1.93. The highest BCUT2D eigenvalue weighted by atomic mass is 32.2. The number of H-pyrrole nitrogens is 1. The molecule has 21 N–H and O–H groups in total. The number of aromatic amines is 1. The van der Waals surface area contributed by atoms with Crippen LogP contribution in [0.4, 0.5) is 0 Å². The number of nitrogens with one attached hydrogen (secondary N) is 17. The number of hydrogen-bond donors (Lipinski definition) is 20. The minimum absolute atomic E-state index is 0.00461. The second-order valence-corrected chi connectivity index (χ2v) is 32.9. The average Bonchev–Trinajstić information content (AvgIpc) is 1.50. The number of ether oxygens (including phenoxy) is 3. The summed E-state index contributed by atoms with van der Waals surface area (Å²) in [6.45, 7) is 15.9. The quantitative estimate of drug-likeness (QED) is 0.0169. The smallest absolute Gasteiger partial charge is 0.305 e. The van der Waals surface area contributed by atoms with Crippen molar-refractivity contribution in [1.29, 1.82) is 5.41 Å². The van der Waals surface area contributed by atoms with Crippen molar-refractivity contribution in [3.63, 3.8) is 0 Å². The van der Waals surface area contributed by atoms with Crippen molar-refractivity contribution in [3.8, 4) is 16.9 Å². The van der Waals surface area contributed by atoms with Gasteiger partial charge in [0.05, 0.1) is 58.1 Å². The van der Waals surface area contributed by atoms with Gasteiger partial charge >= 0.3 is 5.97 Å². The summed E-state index contributed by atoms with van der Waals surface area (Å²) in [5.74, 6) is -16.6. The van der Waals surface area contributed by atoms with Crippen LogP contribution < -0.4 is 85.5 Å². The van der Waals surface area contributed by atoms with Gasteiger partial charge in [-0.3, -0.25) is 77.3 Å². The van der Waals surface area contributed by atoms with Crippen LogP contribution in [0.1, 0.15) is 163 Å². The number of thioether (sulfide) groups is 1. The number of aliphatic carboxylic acids is 1. The number of nitrogens with zero attached hydrogens (tertiary/aromatic N) is 1. The Morgan fingerprint density at radius 3 is 1.50 bits per heavy atom. The van der Waals surface area contributed by atoms with Crippen LogP contribution >= 0.6 is 11.8 Å². The Hall–Kier alpha value is -11.8. The largest absolute Gasteiger partial charge is 0.508 e. The van der Waals surface area contributed by atoms with E-state index in [2.05, 4.69) is 89.7 Å². The monoisotopic (exact) mass is 1790 g/mol. The number of carbonyl (C=O) groups is 15. The summed E-state index contributed by atoms with van der Waals surface area (Å²) in [6.07, 6.45) is 4.72. The maximum atomic E-state index is 15.2. The van der Waals surface area contributed by atoms with Gasteiger partial charge in [-0.05, 0) is 98.6 Å². The topological polar surface area (TPSA) is 583 Å². The molecule has 39 nitrogen and oxygen atoms in total. The minimum Gasteiger partial charge on any atom is -0.508 e. The summed E-state index contributed by atoms with van der Waals surface area (Å²) < 4.78 is 16.6. The lowest BCUT2D eigenvalue weighted by Gasteiger charge is -2.29. The molecule has 700 valence electrons. The number of aromatic nitrogens is 2. The van der Waals surface area contributed by atoms with Crippen molar-refractivity contribution in [3.05, 3.63) is 108 Å². The van der Waals surface area contributed by atoms with Gasteiger partial charge < -0.3 is 115 Å². The number of nitrogens with two attached hydrogens (primary N) is 1. The normalized spacial score (nSPS) is 22.2. The molecule has 127 heavy (non-hydrogen) atoms. The van der Waals surface area contributed by atoms with E-state index in [0.717, 1.165) is 29.3 Å². The summed E-state index contributed by atoms with van der Waals surface area (Å²) >= 11 is 0.802. The fourth-order valence-corrected chi connectivity index (χ4v) is 14.1. The zero-order valence-electron chi connectivity index (χ0n) is 74.0. The van der Waals surface area contributed by atoms with E-state index >= 15 is 4.79 Å². The predicted molar refractivity (Wildman–Crippen MR) is 474 cm³/mol. The highest BCUT2D eigenvalue weighted by molar-refractivity contribution is 8.00. The number of carbonyl (C=O) groups excluding carboxylic acids is 14. The Kier molecular flexibility index (Phi) is 48.1. The average molecular weight is 1800 g/mol. The Labute approximate surface area is 745 Å². The van der Waals surface area contributed by atoms with Crippen LogP contribution in [-0.2, 0) is 105 Å². The number of rotatable bonds is 36. The molecule has 1 saturated heterocycles. The van der Waals surface area contributed by atoms with Crippen LogP contribution in [0.5, 0.6) is 5.75 Å². The molecule has 40 heteroatoms. The Balaban J connectivity index is 1.59. The lowest BCUT2D eigenvalue weighted by Crippen LogP contribution is -2.61. The van der Waals surface area contributed by atoms with Crippen molar-refractivity contribution in [2.45, 2.75) is 238 Å². The molecule has 0 spiro atoms. The van der Waals surface area contributed by atoms with E-state index in [1.165, 1.54) is 50.6 Å². The number of carboxylic acid groups (broad SMARTS) is 1. The van der Waals surface area contributed by atoms with Gasteiger partial charge in [0.25, 0.3) is 0 Å². The lowest BCUT2D eigenvalue weighted by molar-refractivity contribution is -0.141. The number of hydrogen-bond acceptors (Lipinski definition) is 22. The number of phenolic OH excluding ortho intramolecular Hbond substituents is 1. The molecule has 0 bridgehead atoms. The van der Waals surface area contributed by atoms with E-state index in [1.54, 1.807) is 39.8 Å². The Morgan fingerprint density at radius 2 is 0.969 bits per heavy atom. The number of phenols is 1. The van der Waals surface area contributed by atoms with E-state index in [4.69, 9.17) is 25.4 Å². The van der Waals surface area contributed by atoms with E-state index in [9.17, 15) is 77.3 Å². The number of benzene rings is 3. The predicted octanol–water partition coefficient (Wildman–Crippen LogP) is 0.707. The lowest BCUT2D eigenvalue weighted by atomic mass is 9.98. The van der Waals surface area contributed by atoms with Crippen LogP contribution in [0.2, 0.25) is 0 Å². The molecule has 0 unspecified atom stereocenters. The van der Waals surface area contributed by atoms with Crippen LogP contribution in [-0.4, -0.2) is 258 Å². The molecule has 14 amide bonds. The van der Waals surface area contributed by atoms with E-state index < -0.39 is 198 Å². The van der Waals surface area contributed by atoms with E-state index in [0.29, 0.717) is 75.2 Å². The summed E-state index contributed by atoms with van der Waals surface area (Å²) in [6, 6.07) is 4.24. The van der Waals surface area contributed by atoms with Crippen molar-refractivity contribution < 1.29 is 96.3 Å². The standard InChI is InChI=1S/C87H131N19O20S/c1-10-13-16-23-62-79(116)100-67(44-57-28-32-61(107)33-29-57)84(121)102-68(45-60-47-90-51-94-60)81(118)96-54(8)75(112)93-48-71(108)106-74(53(6)7)86(123)104-65(42-52(4)5)82(119)101-66(43-56-26-30-59(31-27-56)58-21-18-15-19-22-58)83(120)99-63(24-17-14-11-2)80(117)103-69(46-73(110)111)85(122)105-70(77(114)91-35-37-125-39-41-126-40-38-124-36-12-3)49-127-50-72(109)95-55(9)76(113)97-64(78(115)98-62)25-20-34-92-87(88)89/h15,18-19,21-22,26-33,47,51-55,62-70,74,107H,10-14,16-17,20,23-25,34-46,48-50H2,1-9H3,(H,90,94)(H,91,114)(H,93,112)(H,95,109)(H,96,118)(H,97,113)(H,98,115)(H,99,120)(H,100,116)(H,101,119)(H,102,121)(H,103,117)(H,104,123)(H,105,122)(H,106,108)(H,110,111)(H4,88,89,92)/t54-,55-,62-,63-,64-,65-,66-,67-,68-,69-,70-,74-/m0/s1. The first-order valence-electron chi connectivity index (χ1n) is 43.4. The molecule has 0 aliphatic carbocycles. The van der Waals surface area contributed by atoms with Gasteiger partial charge in [0.15, 0.2) is 5.96 Å². The van der Waals surface area contributed by atoms with E-state index in [1.807, 2.05) is 63.2 Å². The molecule has 1 aromatic heterocycles. The van der Waals surface area contributed by atoms with Gasteiger partial charge in [-0.25, -0.2) is 4.98 Å². The fraction of sp³-hybridized carbons (Fsp3) is 0.575. The number of imidazole rings is 1. The fourth-order valence-electron chi connectivity index (χ4n) is 13.2. The van der Waals surface area contributed by atoms with E-state index in [-0.39, 0.29) is 95.9 Å². The van der Waals surface area contributed by atoms with Crippen molar-refractivity contribution in [2.75, 3.05) is 70.8 Å². The van der Waals surface area contributed by atoms with Crippen LogP contribution in [0.25, 0.3) is 11.1 Å². The molecule has 1 fully saturated rings. The zero-order chi connectivity index (χ0) is 93.3. The third-order valence-corrected chi connectivity index (χ3v) is 21.2. The van der Waals surface area contributed by atoms with Gasteiger partial charge in [-0.15, -0.1) is 11.8 Å². The molecular formula is C87H131N19O20S. The third-order valence-electron chi connectivity index (χ3n) is 20.2. The molecule has 4 aromatic rings. The highest BCUT2D eigenvalue weighted by Crippen LogP contribution is 2.22. The molecule has 5 rings (SSSR count). The zero-order valence-corrected chi connectivity index (χ0v) is 74.8. The number of amides is 14. The first-order chi connectivity index (χ1) is 60.7. The van der Waals surface area contributed by atoms with Gasteiger partial charge in [0, 0.05) is 56.6 Å². The Morgan fingerprint density at radius 1 is 0.496 bits per heavy atom. The maximum Gasteiger partial charge on any atom is 0.305 e. The highest BCUT2D eigenvalue weighted by Gasteiger charge is 2.38. The summed E-state index contributed by atoms with van der Waals surface area (Å²) in [4.78, 5) is 223. The molecule has 0 radical (unpaired) electrons. The molecule has 1 aliphatic rings. The summed E-state index contributed by atoms with van der Waals surface area (Å²) in [7, 11) is 0. The molecule has 2 heterocycles. The molecule has 0 saturated carbocycles. The first-order valence-corrected chi connectivity index (χ1v) is 44.5. The van der Waals surface area contributed by atoms with Gasteiger partial charge in [-0.1, -0.05) is 154 Å². The van der Waals surface area contributed by atoms with Crippen molar-refractivity contribution in [2.24, 2.45) is 17.6 Å². The number of unbranched alkanes of at least 4 members (excludes halogenated alkanes) is 4.